The second-order valence-corrected chi connectivity index (χ2v) is 3.49. The van der Waals surface area contributed by atoms with Crippen molar-refractivity contribution in [3.05, 3.63) is 0 Å². The van der Waals surface area contributed by atoms with Crippen LogP contribution in [0.4, 0.5) is 0 Å². The molecule has 0 N–H and O–H groups in total. The third-order valence-corrected chi connectivity index (χ3v) is 2.86. The van der Waals surface area contributed by atoms with E-state index in [-0.39, 0.29) is 0 Å². The molecule has 1 aliphatic heterocycles. The van der Waals surface area contributed by atoms with Crippen LogP contribution < -0.4 is 0 Å². The van der Waals surface area contributed by atoms with E-state index in [1.807, 2.05) is 11.8 Å². The monoisotopic (exact) mass is 143 g/mol. The summed E-state index contributed by atoms with van der Waals surface area (Å²) in [6.45, 7) is 5.51. The molecule has 0 amide bonds. The van der Waals surface area contributed by atoms with Crippen molar-refractivity contribution < 1.29 is 0 Å². The van der Waals surface area contributed by atoms with Crippen LogP contribution in [-0.2, 0) is 0 Å². The van der Waals surface area contributed by atoms with Crippen LogP contribution in [0, 0.1) is 5.92 Å². The fraction of sp³-hybridized carbons (Fsp3) is 0.857. The van der Waals surface area contributed by atoms with E-state index < -0.39 is 0 Å². The van der Waals surface area contributed by atoms with Gasteiger partial charge in [-0.3, -0.25) is 4.99 Å². The molecular formula is C7H13NS. The van der Waals surface area contributed by atoms with Gasteiger partial charge in [-0.15, -0.1) is 11.8 Å². The second kappa shape index (κ2) is 3.25. The smallest absolute Gasteiger partial charge is 0.0705 e. The average molecular weight is 143 g/mol. The standard InChI is InChI=1S/C7H13NS/c1-3-6(2)7-8-4-5-9-7/h6H,3-5H2,1-2H3/t6-/m1/s1. The molecule has 0 unspecified atom stereocenters. The summed E-state index contributed by atoms with van der Waals surface area (Å²) in [6, 6.07) is 0. The Morgan fingerprint density at radius 2 is 2.56 bits per heavy atom. The van der Waals surface area contributed by atoms with Crippen molar-refractivity contribution in [1.82, 2.24) is 0 Å². The highest BCUT2D eigenvalue weighted by Crippen LogP contribution is 2.20. The maximum atomic E-state index is 4.39. The van der Waals surface area contributed by atoms with Crippen molar-refractivity contribution in [2.24, 2.45) is 10.9 Å². The molecule has 0 aromatic heterocycles. The molecule has 2 heteroatoms. The Balaban J connectivity index is 2.40. The van der Waals surface area contributed by atoms with Crippen LogP contribution in [0.3, 0.4) is 0 Å². The van der Waals surface area contributed by atoms with Gasteiger partial charge in [-0.1, -0.05) is 13.8 Å². The average Bonchev–Trinajstić information content (AvgIpc) is 2.37. The zero-order valence-electron chi connectivity index (χ0n) is 6.05. The van der Waals surface area contributed by atoms with Gasteiger partial charge in [-0.2, -0.15) is 0 Å². The van der Waals surface area contributed by atoms with Gasteiger partial charge in [-0.25, -0.2) is 0 Å². The molecule has 0 aromatic carbocycles. The number of hydrogen-bond acceptors (Lipinski definition) is 2. The van der Waals surface area contributed by atoms with Gasteiger partial charge in [0.05, 0.1) is 5.04 Å². The quantitative estimate of drug-likeness (QED) is 0.577. The number of nitrogens with zero attached hydrogens (tertiary/aromatic N) is 1. The molecule has 0 radical (unpaired) electrons. The van der Waals surface area contributed by atoms with Crippen LogP contribution in [0.25, 0.3) is 0 Å². The molecule has 1 nitrogen and oxygen atoms in total. The molecule has 0 fully saturated rings. The van der Waals surface area contributed by atoms with Crippen LogP contribution in [0.1, 0.15) is 20.3 Å². The fourth-order valence-corrected chi connectivity index (χ4v) is 1.85. The molecule has 1 atom stereocenters. The molecule has 9 heavy (non-hydrogen) atoms. The van der Waals surface area contributed by atoms with Crippen molar-refractivity contribution in [3.8, 4) is 0 Å². The Bertz CT molecular complexity index is 120. The van der Waals surface area contributed by atoms with Gasteiger partial charge in [0, 0.05) is 18.2 Å². The van der Waals surface area contributed by atoms with E-state index in [9.17, 15) is 0 Å². The maximum Gasteiger partial charge on any atom is 0.0705 e. The first-order valence-electron chi connectivity index (χ1n) is 3.51. The summed E-state index contributed by atoms with van der Waals surface area (Å²) >= 11 is 1.93. The van der Waals surface area contributed by atoms with Gasteiger partial charge in [-0.05, 0) is 6.42 Å². The zero-order valence-corrected chi connectivity index (χ0v) is 6.87. The van der Waals surface area contributed by atoms with Crippen molar-refractivity contribution in [2.45, 2.75) is 20.3 Å². The lowest BCUT2D eigenvalue weighted by Crippen LogP contribution is -2.02. The first kappa shape index (κ1) is 7.13. The minimum Gasteiger partial charge on any atom is -0.282 e. The third kappa shape index (κ3) is 1.71. The lowest BCUT2D eigenvalue weighted by molar-refractivity contribution is 0.748. The Labute approximate surface area is 60.9 Å². The predicted octanol–water partition coefficient (Wildman–Crippen LogP) is 2.18. The SMILES string of the molecule is CC[C@@H](C)C1=NCCS1. The number of hydrogen-bond donors (Lipinski definition) is 0. The minimum atomic E-state index is 0.706. The van der Waals surface area contributed by atoms with Gasteiger partial charge in [0.25, 0.3) is 0 Å². The molecule has 1 heterocycles. The van der Waals surface area contributed by atoms with Crippen LogP contribution in [0.15, 0.2) is 4.99 Å². The molecule has 0 aliphatic carbocycles. The van der Waals surface area contributed by atoms with E-state index >= 15 is 0 Å². The first-order chi connectivity index (χ1) is 4.34. The van der Waals surface area contributed by atoms with E-state index in [2.05, 4.69) is 18.8 Å². The summed E-state index contributed by atoms with van der Waals surface area (Å²) in [5, 5.41) is 1.37. The summed E-state index contributed by atoms with van der Waals surface area (Å²) in [5.74, 6) is 1.91. The summed E-state index contributed by atoms with van der Waals surface area (Å²) in [6.07, 6.45) is 1.23. The highest BCUT2D eigenvalue weighted by molar-refractivity contribution is 8.14. The summed E-state index contributed by atoms with van der Waals surface area (Å²) in [5.41, 5.74) is 0. The minimum absolute atomic E-state index is 0.706. The highest BCUT2D eigenvalue weighted by atomic mass is 32.2. The predicted molar refractivity (Wildman–Crippen MR) is 44.2 cm³/mol. The largest absolute Gasteiger partial charge is 0.282 e. The Kier molecular flexibility index (Phi) is 2.58. The Morgan fingerprint density at radius 1 is 1.78 bits per heavy atom. The van der Waals surface area contributed by atoms with Crippen LogP contribution in [-0.4, -0.2) is 17.3 Å². The second-order valence-electron chi connectivity index (χ2n) is 2.38. The molecule has 52 valence electrons. The highest BCUT2D eigenvalue weighted by Gasteiger charge is 2.12. The number of thioether (sulfide) groups is 1. The van der Waals surface area contributed by atoms with E-state index in [4.69, 9.17) is 0 Å². The van der Waals surface area contributed by atoms with Crippen LogP contribution in [0.5, 0.6) is 0 Å². The van der Waals surface area contributed by atoms with Crippen molar-refractivity contribution >= 4 is 16.8 Å². The van der Waals surface area contributed by atoms with Crippen molar-refractivity contribution in [3.63, 3.8) is 0 Å². The first-order valence-corrected chi connectivity index (χ1v) is 4.50. The van der Waals surface area contributed by atoms with E-state index in [1.54, 1.807) is 0 Å². The van der Waals surface area contributed by atoms with E-state index in [1.165, 1.54) is 17.2 Å². The molecule has 0 aromatic rings. The number of aliphatic imine (C=N–C) groups is 1. The lowest BCUT2D eigenvalue weighted by Gasteiger charge is -2.04. The van der Waals surface area contributed by atoms with E-state index in [0.717, 1.165) is 6.54 Å². The van der Waals surface area contributed by atoms with E-state index in [0.29, 0.717) is 5.92 Å². The molecule has 0 saturated heterocycles. The van der Waals surface area contributed by atoms with Crippen molar-refractivity contribution in [2.75, 3.05) is 12.3 Å². The van der Waals surface area contributed by atoms with Gasteiger partial charge in [0.15, 0.2) is 0 Å². The topological polar surface area (TPSA) is 12.4 Å². The summed E-state index contributed by atoms with van der Waals surface area (Å²) in [4.78, 5) is 4.39. The van der Waals surface area contributed by atoms with Crippen LogP contribution in [0.2, 0.25) is 0 Å². The Morgan fingerprint density at radius 3 is 3.00 bits per heavy atom. The van der Waals surface area contributed by atoms with Crippen molar-refractivity contribution in [1.29, 1.82) is 0 Å². The fourth-order valence-electron chi connectivity index (χ4n) is 0.824. The molecular weight excluding hydrogens is 130 g/mol. The van der Waals surface area contributed by atoms with Crippen LogP contribution >= 0.6 is 11.8 Å². The van der Waals surface area contributed by atoms with Gasteiger partial charge >= 0.3 is 0 Å². The third-order valence-electron chi connectivity index (χ3n) is 1.64. The Hall–Kier alpha value is 0.0200. The van der Waals surface area contributed by atoms with Gasteiger partial charge in [0.2, 0.25) is 0 Å². The summed E-state index contributed by atoms with van der Waals surface area (Å²) < 4.78 is 0. The number of rotatable bonds is 2. The lowest BCUT2D eigenvalue weighted by atomic mass is 10.1. The van der Waals surface area contributed by atoms with Gasteiger partial charge < -0.3 is 0 Å². The molecule has 1 aliphatic rings. The summed E-state index contributed by atoms with van der Waals surface area (Å²) in [7, 11) is 0. The zero-order chi connectivity index (χ0) is 6.69. The molecule has 1 rings (SSSR count). The maximum absolute atomic E-state index is 4.39. The molecule has 0 saturated carbocycles. The molecule has 0 bridgehead atoms. The van der Waals surface area contributed by atoms with Gasteiger partial charge in [0.1, 0.15) is 0 Å². The molecule has 0 spiro atoms. The normalized spacial score (nSPS) is 21.8.